The van der Waals surface area contributed by atoms with Gasteiger partial charge >= 0.3 is 0 Å². The molecule has 1 atom stereocenters. The Morgan fingerprint density at radius 1 is 1.26 bits per heavy atom. The molecule has 0 aromatic heterocycles. The molecule has 0 radical (unpaired) electrons. The summed E-state index contributed by atoms with van der Waals surface area (Å²) in [5.41, 5.74) is 1.33. The van der Waals surface area contributed by atoms with Gasteiger partial charge in [0, 0.05) is 12.1 Å². The molecule has 2 aromatic rings. The van der Waals surface area contributed by atoms with E-state index in [1.807, 2.05) is 36.4 Å². The summed E-state index contributed by atoms with van der Waals surface area (Å²) in [6.07, 6.45) is 0. The quantitative estimate of drug-likeness (QED) is 0.887. The van der Waals surface area contributed by atoms with E-state index in [4.69, 9.17) is 5.11 Å². The van der Waals surface area contributed by atoms with Crippen molar-refractivity contribution >= 4 is 16.7 Å². The molecule has 19 heavy (non-hydrogen) atoms. The maximum atomic E-state index is 12.4. The summed E-state index contributed by atoms with van der Waals surface area (Å²) in [6.45, 7) is 0.0376. The first kappa shape index (κ1) is 11.7. The Hall–Kier alpha value is -2.38. The van der Waals surface area contributed by atoms with Crippen LogP contribution in [0.25, 0.3) is 10.8 Å². The molecule has 0 spiro atoms. The number of benzene rings is 2. The average Bonchev–Trinajstić information content (AvgIpc) is 2.72. The van der Waals surface area contributed by atoms with Crippen molar-refractivity contribution in [3.05, 3.63) is 47.5 Å². The molecule has 0 fully saturated rings. The summed E-state index contributed by atoms with van der Waals surface area (Å²) in [5, 5.41) is 20.2. The fourth-order valence-electron chi connectivity index (χ4n) is 2.66. The van der Waals surface area contributed by atoms with E-state index < -0.39 is 6.04 Å². The predicted octanol–water partition coefficient (Wildman–Crippen LogP) is 1.85. The van der Waals surface area contributed by atoms with Crippen molar-refractivity contribution < 1.29 is 9.90 Å². The van der Waals surface area contributed by atoms with E-state index in [0.717, 1.165) is 16.3 Å². The van der Waals surface area contributed by atoms with Crippen LogP contribution in [-0.2, 0) is 0 Å². The highest BCUT2D eigenvalue weighted by Gasteiger charge is 2.37. The van der Waals surface area contributed by atoms with Crippen LogP contribution in [0.3, 0.4) is 0 Å². The standard InChI is InChI=1S/C15H12N2O2/c16-9-13-12-6-5-10-3-1-2-4-11(10)14(12)15(19)17(13)7-8-18/h1-6,13,18H,7-8H2. The van der Waals surface area contributed by atoms with Crippen molar-refractivity contribution in [3.8, 4) is 6.07 Å². The number of nitriles is 1. The molecular weight excluding hydrogens is 240 g/mol. The topological polar surface area (TPSA) is 64.3 Å². The first-order valence-electron chi connectivity index (χ1n) is 6.11. The molecule has 1 N–H and O–H groups in total. The molecule has 1 unspecified atom stereocenters. The highest BCUT2D eigenvalue weighted by Crippen LogP contribution is 2.37. The second kappa shape index (κ2) is 4.38. The second-order valence-corrected chi connectivity index (χ2v) is 4.50. The number of nitrogens with zero attached hydrogens (tertiary/aromatic N) is 2. The maximum Gasteiger partial charge on any atom is 0.256 e. The molecule has 1 heterocycles. The monoisotopic (exact) mass is 252 g/mol. The lowest BCUT2D eigenvalue weighted by molar-refractivity contribution is 0.0723. The van der Waals surface area contributed by atoms with Gasteiger partial charge in [-0.1, -0.05) is 36.4 Å². The van der Waals surface area contributed by atoms with E-state index in [0.29, 0.717) is 5.56 Å². The van der Waals surface area contributed by atoms with Gasteiger partial charge in [-0.25, -0.2) is 0 Å². The van der Waals surface area contributed by atoms with Crippen LogP contribution in [0.5, 0.6) is 0 Å². The fraction of sp³-hybridized carbons (Fsp3) is 0.200. The minimum absolute atomic E-state index is 0.143. The van der Waals surface area contributed by atoms with Gasteiger partial charge in [0.15, 0.2) is 0 Å². The molecule has 1 aliphatic rings. The Morgan fingerprint density at radius 3 is 2.79 bits per heavy atom. The van der Waals surface area contributed by atoms with Crippen molar-refractivity contribution in [2.45, 2.75) is 6.04 Å². The van der Waals surface area contributed by atoms with Gasteiger partial charge in [0.1, 0.15) is 6.04 Å². The van der Waals surface area contributed by atoms with Gasteiger partial charge in [0.05, 0.1) is 18.2 Å². The summed E-state index contributed by atoms with van der Waals surface area (Å²) in [4.78, 5) is 13.9. The van der Waals surface area contributed by atoms with Gasteiger partial charge in [-0.3, -0.25) is 4.79 Å². The van der Waals surface area contributed by atoms with Crippen molar-refractivity contribution in [1.82, 2.24) is 4.90 Å². The summed E-state index contributed by atoms with van der Waals surface area (Å²) in [6, 6.07) is 12.9. The number of carbonyl (C=O) groups is 1. The third kappa shape index (κ3) is 1.60. The van der Waals surface area contributed by atoms with Gasteiger partial charge in [-0.2, -0.15) is 5.26 Å². The molecule has 0 saturated carbocycles. The lowest BCUT2D eigenvalue weighted by atomic mass is 9.98. The van der Waals surface area contributed by atoms with Gasteiger partial charge in [0.25, 0.3) is 5.91 Å². The smallest absolute Gasteiger partial charge is 0.256 e. The molecule has 4 heteroatoms. The van der Waals surface area contributed by atoms with E-state index in [9.17, 15) is 10.1 Å². The summed E-state index contributed by atoms with van der Waals surface area (Å²) < 4.78 is 0. The van der Waals surface area contributed by atoms with Crippen molar-refractivity contribution in [1.29, 1.82) is 5.26 Å². The molecular formula is C15H12N2O2. The lowest BCUT2D eigenvalue weighted by Gasteiger charge is -2.18. The van der Waals surface area contributed by atoms with Crippen molar-refractivity contribution in [2.24, 2.45) is 0 Å². The van der Waals surface area contributed by atoms with Crippen LogP contribution < -0.4 is 0 Å². The second-order valence-electron chi connectivity index (χ2n) is 4.50. The van der Waals surface area contributed by atoms with Crippen molar-refractivity contribution in [2.75, 3.05) is 13.2 Å². The summed E-state index contributed by atoms with van der Waals surface area (Å²) in [5.74, 6) is -0.174. The fourth-order valence-corrected chi connectivity index (χ4v) is 2.66. The van der Waals surface area contributed by atoms with E-state index in [-0.39, 0.29) is 19.1 Å². The molecule has 1 amide bonds. The summed E-state index contributed by atoms with van der Waals surface area (Å²) in [7, 11) is 0. The Balaban J connectivity index is 2.26. The highest BCUT2D eigenvalue weighted by atomic mass is 16.3. The minimum atomic E-state index is -0.598. The van der Waals surface area contributed by atoms with E-state index in [1.165, 1.54) is 4.90 Å². The number of amides is 1. The van der Waals surface area contributed by atoms with Crippen LogP contribution in [0.1, 0.15) is 22.0 Å². The highest BCUT2D eigenvalue weighted by molar-refractivity contribution is 6.11. The molecule has 94 valence electrons. The first-order chi connectivity index (χ1) is 9.27. The predicted molar refractivity (Wildman–Crippen MR) is 70.4 cm³/mol. The van der Waals surface area contributed by atoms with Gasteiger partial charge in [-0.15, -0.1) is 0 Å². The molecule has 2 aromatic carbocycles. The Labute approximate surface area is 110 Å². The van der Waals surface area contributed by atoms with E-state index in [2.05, 4.69) is 6.07 Å². The number of hydrogen-bond donors (Lipinski definition) is 1. The zero-order valence-electron chi connectivity index (χ0n) is 10.2. The average molecular weight is 252 g/mol. The van der Waals surface area contributed by atoms with Crippen LogP contribution in [0.15, 0.2) is 36.4 Å². The minimum Gasteiger partial charge on any atom is -0.395 e. The van der Waals surface area contributed by atoms with Crippen LogP contribution in [-0.4, -0.2) is 29.1 Å². The van der Waals surface area contributed by atoms with Gasteiger partial charge in [-0.05, 0) is 10.8 Å². The van der Waals surface area contributed by atoms with Crippen LogP contribution >= 0.6 is 0 Å². The summed E-state index contributed by atoms with van der Waals surface area (Å²) >= 11 is 0. The van der Waals surface area contributed by atoms with Crippen molar-refractivity contribution in [3.63, 3.8) is 0 Å². The number of carbonyl (C=O) groups excluding carboxylic acids is 1. The molecule has 4 nitrogen and oxygen atoms in total. The molecule has 0 saturated heterocycles. The zero-order chi connectivity index (χ0) is 13.4. The molecule has 3 rings (SSSR count). The number of aliphatic hydroxyl groups is 1. The number of fused-ring (bicyclic) bond motifs is 3. The van der Waals surface area contributed by atoms with Gasteiger partial charge in [0.2, 0.25) is 0 Å². The van der Waals surface area contributed by atoms with Crippen LogP contribution in [0.4, 0.5) is 0 Å². The van der Waals surface area contributed by atoms with Gasteiger partial charge < -0.3 is 10.0 Å². The zero-order valence-corrected chi connectivity index (χ0v) is 10.2. The molecule has 0 bridgehead atoms. The number of β-amino-alcohol motifs (C(OH)–C–C–N with tert-alkyl or cyclic N) is 1. The molecule has 0 aliphatic carbocycles. The van der Waals surface area contributed by atoms with Crippen LogP contribution in [0.2, 0.25) is 0 Å². The first-order valence-corrected chi connectivity index (χ1v) is 6.11. The molecule has 1 aliphatic heterocycles. The normalized spacial score (nSPS) is 17.6. The number of rotatable bonds is 2. The van der Waals surface area contributed by atoms with Crippen LogP contribution in [0, 0.1) is 11.3 Å². The Morgan fingerprint density at radius 2 is 2.05 bits per heavy atom. The lowest BCUT2D eigenvalue weighted by Crippen LogP contribution is -2.30. The third-order valence-corrected chi connectivity index (χ3v) is 3.51. The SMILES string of the molecule is N#CC1c2ccc3ccccc3c2C(=O)N1CCO. The largest absolute Gasteiger partial charge is 0.395 e. The third-order valence-electron chi connectivity index (χ3n) is 3.51. The van der Waals surface area contributed by atoms with E-state index >= 15 is 0 Å². The Kier molecular flexibility index (Phi) is 2.69. The van der Waals surface area contributed by atoms with E-state index in [1.54, 1.807) is 0 Å². The number of aliphatic hydroxyl groups excluding tert-OH is 1. The Bertz CT molecular complexity index is 703. The maximum absolute atomic E-state index is 12.4. The number of hydrogen-bond acceptors (Lipinski definition) is 3.